The van der Waals surface area contributed by atoms with Gasteiger partial charge < -0.3 is 4.74 Å². The fourth-order valence-electron chi connectivity index (χ4n) is 2.63. The molecule has 0 fully saturated rings. The number of nitrogens with zero attached hydrogens (tertiary/aromatic N) is 2. The summed E-state index contributed by atoms with van der Waals surface area (Å²) in [5.74, 6) is 0.0236. The van der Waals surface area contributed by atoms with Crippen molar-refractivity contribution in [3.05, 3.63) is 108 Å². The molecule has 0 unspecified atom stereocenters. The molecular weight excluding hydrogens is 357 g/mol. The van der Waals surface area contributed by atoms with Gasteiger partial charge in [0.15, 0.2) is 0 Å². The molecule has 0 aliphatic carbocycles. The Morgan fingerprint density at radius 2 is 1.79 bits per heavy atom. The lowest BCUT2D eigenvalue weighted by molar-refractivity contribution is 0.130. The Kier molecular flexibility index (Phi) is 6.73. The predicted octanol–water partition coefficient (Wildman–Crippen LogP) is 4.49. The molecule has 1 N–H and O–H groups in total. The summed E-state index contributed by atoms with van der Waals surface area (Å²) in [6.07, 6.45) is 20.6. The van der Waals surface area contributed by atoms with Gasteiger partial charge in [0, 0.05) is 24.5 Å². The van der Waals surface area contributed by atoms with Crippen LogP contribution < -0.4 is 5.43 Å². The Labute approximate surface area is 163 Å². The number of carbonyl (C=O) groups is 1. The van der Waals surface area contributed by atoms with Crippen molar-refractivity contribution in [1.82, 2.24) is 10.3 Å². The van der Waals surface area contributed by atoms with Crippen LogP contribution in [-0.4, -0.2) is 17.2 Å². The van der Waals surface area contributed by atoms with Gasteiger partial charge in [-0.25, -0.2) is 9.18 Å². The number of ether oxygens (including phenoxy) is 1. The highest BCUT2D eigenvalue weighted by atomic mass is 19.1. The van der Waals surface area contributed by atoms with Crippen molar-refractivity contribution < 1.29 is 13.9 Å². The van der Waals surface area contributed by atoms with Crippen LogP contribution in [0, 0.1) is 5.82 Å². The van der Waals surface area contributed by atoms with Crippen LogP contribution in [0.4, 0.5) is 9.18 Å². The van der Waals surface area contributed by atoms with Gasteiger partial charge in [-0.05, 0) is 29.9 Å². The molecule has 2 heterocycles. The van der Waals surface area contributed by atoms with Gasteiger partial charge in [0.2, 0.25) is 0 Å². The number of hydrazone groups is 1. The lowest BCUT2D eigenvalue weighted by Gasteiger charge is -2.15. The van der Waals surface area contributed by atoms with E-state index in [2.05, 4.69) is 10.5 Å². The Morgan fingerprint density at radius 1 is 1.04 bits per heavy atom. The van der Waals surface area contributed by atoms with E-state index >= 15 is 0 Å². The molecule has 1 aromatic rings. The third kappa shape index (κ3) is 5.41. The summed E-state index contributed by atoms with van der Waals surface area (Å²) in [6.45, 7) is 0.514. The van der Waals surface area contributed by atoms with Crippen molar-refractivity contribution in [3.63, 3.8) is 0 Å². The number of carbonyl (C=O) groups excluding carboxylic acids is 1. The minimum absolute atomic E-state index is 0.192. The second kappa shape index (κ2) is 9.87. The lowest BCUT2D eigenvalue weighted by Crippen LogP contribution is -2.25. The number of halogens is 1. The molecule has 0 saturated heterocycles. The SMILES string of the molecule is O=C(OC1=CC=CC=CC=CC=CC=NNC=C1)N1Cc2cccc(F)c2C1. The van der Waals surface area contributed by atoms with E-state index in [1.165, 1.54) is 11.0 Å². The summed E-state index contributed by atoms with van der Waals surface area (Å²) < 4.78 is 19.4. The number of fused-ring (bicyclic) bond motifs is 1. The molecule has 0 bridgehead atoms. The predicted molar refractivity (Wildman–Crippen MR) is 108 cm³/mol. The van der Waals surface area contributed by atoms with Crippen molar-refractivity contribution in [1.29, 1.82) is 0 Å². The van der Waals surface area contributed by atoms with Gasteiger partial charge in [0.1, 0.15) is 11.6 Å². The number of hydrogen-bond acceptors (Lipinski definition) is 4. The molecule has 2 aliphatic heterocycles. The fourth-order valence-corrected chi connectivity index (χ4v) is 2.63. The van der Waals surface area contributed by atoms with Crippen LogP contribution in [-0.2, 0) is 17.8 Å². The second-order valence-electron chi connectivity index (χ2n) is 5.95. The van der Waals surface area contributed by atoms with Crippen molar-refractivity contribution >= 4 is 12.3 Å². The molecule has 1 amide bonds. The zero-order chi connectivity index (χ0) is 19.6. The van der Waals surface area contributed by atoms with E-state index in [1.54, 1.807) is 42.8 Å². The molecule has 28 heavy (non-hydrogen) atoms. The maximum Gasteiger partial charge on any atom is 0.415 e. The topological polar surface area (TPSA) is 53.9 Å². The molecular formula is C22H20FN3O2. The number of allylic oxidation sites excluding steroid dienone is 10. The highest BCUT2D eigenvalue weighted by molar-refractivity contribution is 5.71. The first kappa shape index (κ1) is 19.1. The number of rotatable bonds is 1. The summed E-state index contributed by atoms with van der Waals surface area (Å²) in [5.41, 5.74) is 4.06. The number of amides is 1. The van der Waals surface area contributed by atoms with E-state index < -0.39 is 6.09 Å². The smallest absolute Gasteiger partial charge is 0.410 e. The molecule has 0 saturated carbocycles. The number of nitrogens with one attached hydrogen (secondary N) is 1. The van der Waals surface area contributed by atoms with Crippen LogP contribution in [0.1, 0.15) is 11.1 Å². The van der Waals surface area contributed by atoms with Gasteiger partial charge in [-0.3, -0.25) is 10.3 Å². The first-order valence-corrected chi connectivity index (χ1v) is 8.79. The Hall–Kier alpha value is -3.67. The molecule has 142 valence electrons. The quantitative estimate of drug-likeness (QED) is 0.785. The lowest BCUT2D eigenvalue weighted by atomic mass is 10.1. The Balaban J connectivity index is 1.69. The molecule has 6 heteroatoms. The minimum atomic E-state index is -0.539. The van der Waals surface area contributed by atoms with E-state index in [0.717, 1.165) is 5.56 Å². The highest BCUT2D eigenvalue weighted by Gasteiger charge is 2.27. The zero-order valence-electron chi connectivity index (χ0n) is 15.2. The van der Waals surface area contributed by atoms with E-state index in [1.807, 2.05) is 42.5 Å². The molecule has 0 radical (unpaired) electrons. The Bertz CT molecular complexity index is 924. The minimum Gasteiger partial charge on any atom is -0.410 e. The van der Waals surface area contributed by atoms with Crippen molar-refractivity contribution in [2.24, 2.45) is 5.10 Å². The maximum absolute atomic E-state index is 13.9. The third-order valence-electron chi connectivity index (χ3n) is 3.98. The highest BCUT2D eigenvalue weighted by Crippen LogP contribution is 2.26. The van der Waals surface area contributed by atoms with E-state index in [0.29, 0.717) is 17.9 Å². The zero-order valence-corrected chi connectivity index (χ0v) is 15.2. The van der Waals surface area contributed by atoms with Crippen molar-refractivity contribution in [2.75, 3.05) is 0 Å². The van der Waals surface area contributed by atoms with Crippen LogP contribution in [0.5, 0.6) is 0 Å². The molecule has 1 aromatic carbocycles. The first-order chi connectivity index (χ1) is 13.7. The summed E-state index contributed by atoms with van der Waals surface area (Å²) in [4.78, 5) is 14.0. The molecule has 0 aromatic heterocycles. The summed E-state index contributed by atoms with van der Waals surface area (Å²) >= 11 is 0. The third-order valence-corrected chi connectivity index (χ3v) is 3.98. The largest absolute Gasteiger partial charge is 0.415 e. The van der Waals surface area contributed by atoms with Crippen LogP contribution in [0.15, 0.2) is 96.0 Å². The number of hydrogen-bond donors (Lipinski definition) is 1. The van der Waals surface area contributed by atoms with Gasteiger partial charge in [-0.2, -0.15) is 5.10 Å². The Morgan fingerprint density at radius 3 is 2.57 bits per heavy atom. The van der Waals surface area contributed by atoms with Crippen LogP contribution in [0.2, 0.25) is 0 Å². The van der Waals surface area contributed by atoms with Crippen LogP contribution in [0.25, 0.3) is 0 Å². The molecule has 2 aliphatic rings. The summed E-state index contributed by atoms with van der Waals surface area (Å²) in [6, 6.07) is 4.85. The van der Waals surface area contributed by atoms with E-state index in [4.69, 9.17) is 4.74 Å². The molecule has 5 nitrogen and oxygen atoms in total. The van der Waals surface area contributed by atoms with Crippen molar-refractivity contribution in [2.45, 2.75) is 13.1 Å². The average molecular weight is 377 g/mol. The maximum atomic E-state index is 13.9. The second-order valence-corrected chi connectivity index (χ2v) is 5.95. The summed E-state index contributed by atoms with van der Waals surface area (Å²) in [5, 5.41) is 3.97. The van der Waals surface area contributed by atoms with Gasteiger partial charge in [-0.1, -0.05) is 54.7 Å². The standard InChI is InChI=1S/C22H20FN3O2/c23-21-12-9-10-18-16-26(17-20(18)21)22(27)28-19-11-7-5-3-1-2-4-6-8-14-24-25-15-13-19/h1-15,25H,16-17H2. The normalized spacial score (nSPS) is 16.2. The number of benzene rings is 1. The summed E-state index contributed by atoms with van der Waals surface area (Å²) in [7, 11) is 0. The van der Waals surface area contributed by atoms with Crippen LogP contribution >= 0.6 is 0 Å². The van der Waals surface area contributed by atoms with E-state index in [9.17, 15) is 9.18 Å². The average Bonchev–Trinajstić information content (AvgIpc) is 3.12. The molecule has 0 spiro atoms. The van der Waals surface area contributed by atoms with Gasteiger partial charge in [0.05, 0.1) is 6.54 Å². The molecule has 0 atom stereocenters. The monoisotopic (exact) mass is 377 g/mol. The first-order valence-electron chi connectivity index (χ1n) is 8.79. The molecule has 3 rings (SSSR count). The fraction of sp³-hybridized carbons (Fsp3) is 0.0909. The van der Waals surface area contributed by atoms with Gasteiger partial charge in [-0.15, -0.1) is 0 Å². The van der Waals surface area contributed by atoms with Crippen LogP contribution in [0.3, 0.4) is 0 Å². The van der Waals surface area contributed by atoms with E-state index in [-0.39, 0.29) is 12.4 Å². The van der Waals surface area contributed by atoms with Gasteiger partial charge >= 0.3 is 6.09 Å². The van der Waals surface area contributed by atoms with Crippen molar-refractivity contribution in [3.8, 4) is 0 Å². The van der Waals surface area contributed by atoms with Gasteiger partial charge in [0.25, 0.3) is 0 Å².